The predicted octanol–water partition coefficient (Wildman–Crippen LogP) is 5.57. The van der Waals surface area contributed by atoms with Crippen molar-refractivity contribution in [3.63, 3.8) is 0 Å². The SMILES string of the molecule is Cc1ccc(CCN(C(=O)Cc2ccc(F)cc2)c2ccc(C)c(C)c2)cc1. The van der Waals surface area contributed by atoms with Crippen LogP contribution >= 0.6 is 0 Å². The molecule has 28 heavy (non-hydrogen) atoms. The van der Waals surface area contributed by atoms with E-state index in [0.29, 0.717) is 6.54 Å². The molecule has 0 bridgehead atoms. The van der Waals surface area contributed by atoms with Crippen molar-refractivity contribution in [2.24, 2.45) is 0 Å². The van der Waals surface area contributed by atoms with Gasteiger partial charge < -0.3 is 4.90 Å². The van der Waals surface area contributed by atoms with Gasteiger partial charge in [0.1, 0.15) is 5.82 Å². The summed E-state index contributed by atoms with van der Waals surface area (Å²) in [6.07, 6.45) is 1.03. The van der Waals surface area contributed by atoms with E-state index in [1.807, 2.05) is 11.0 Å². The van der Waals surface area contributed by atoms with Crippen LogP contribution in [-0.4, -0.2) is 12.5 Å². The van der Waals surface area contributed by atoms with Gasteiger partial charge in [0.25, 0.3) is 0 Å². The number of nitrogens with zero attached hydrogens (tertiary/aromatic N) is 1. The Kier molecular flexibility index (Phi) is 6.25. The van der Waals surface area contributed by atoms with E-state index in [0.717, 1.165) is 23.2 Å². The van der Waals surface area contributed by atoms with Gasteiger partial charge in [-0.15, -0.1) is 0 Å². The topological polar surface area (TPSA) is 20.3 Å². The summed E-state index contributed by atoms with van der Waals surface area (Å²) in [7, 11) is 0. The summed E-state index contributed by atoms with van der Waals surface area (Å²) < 4.78 is 13.2. The quantitative estimate of drug-likeness (QED) is 0.552. The van der Waals surface area contributed by atoms with Crippen LogP contribution in [0.15, 0.2) is 66.7 Å². The number of hydrogen-bond acceptors (Lipinski definition) is 1. The maximum absolute atomic E-state index is 13.2. The molecule has 0 fully saturated rings. The number of benzene rings is 3. The minimum atomic E-state index is -0.290. The van der Waals surface area contributed by atoms with Gasteiger partial charge in [0.15, 0.2) is 0 Å². The molecule has 3 aromatic rings. The minimum Gasteiger partial charge on any atom is -0.312 e. The van der Waals surface area contributed by atoms with Crippen LogP contribution in [0, 0.1) is 26.6 Å². The summed E-state index contributed by atoms with van der Waals surface area (Å²) >= 11 is 0. The molecule has 0 saturated heterocycles. The largest absolute Gasteiger partial charge is 0.312 e. The Labute approximate surface area is 166 Å². The fourth-order valence-corrected chi connectivity index (χ4v) is 3.16. The molecule has 0 spiro atoms. The van der Waals surface area contributed by atoms with Crippen LogP contribution in [-0.2, 0) is 17.6 Å². The Morgan fingerprint density at radius 1 is 0.821 bits per heavy atom. The first-order valence-electron chi connectivity index (χ1n) is 9.60. The Hall–Kier alpha value is -2.94. The van der Waals surface area contributed by atoms with Crippen molar-refractivity contribution >= 4 is 11.6 Å². The lowest BCUT2D eigenvalue weighted by molar-refractivity contribution is -0.118. The van der Waals surface area contributed by atoms with Gasteiger partial charge in [0.2, 0.25) is 5.91 Å². The second-order valence-corrected chi connectivity index (χ2v) is 7.35. The summed E-state index contributed by atoms with van der Waals surface area (Å²) in [5.74, 6) is -0.274. The third-order valence-corrected chi connectivity index (χ3v) is 5.12. The Morgan fingerprint density at radius 2 is 1.46 bits per heavy atom. The van der Waals surface area contributed by atoms with Crippen LogP contribution in [0.25, 0.3) is 0 Å². The van der Waals surface area contributed by atoms with Gasteiger partial charge in [-0.05, 0) is 73.7 Å². The van der Waals surface area contributed by atoms with E-state index in [9.17, 15) is 9.18 Å². The van der Waals surface area contributed by atoms with E-state index in [-0.39, 0.29) is 18.1 Å². The number of carbonyl (C=O) groups excluding carboxylic acids is 1. The lowest BCUT2D eigenvalue weighted by Gasteiger charge is -2.24. The Morgan fingerprint density at radius 3 is 2.11 bits per heavy atom. The first-order chi connectivity index (χ1) is 13.4. The van der Waals surface area contributed by atoms with Gasteiger partial charge in [-0.1, -0.05) is 48.0 Å². The van der Waals surface area contributed by atoms with E-state index in [2.05, 4.69) is 57.2 Å². The van der Waals surface area contributed by atoms with E-state index < -0.39 is 0 Å². The maximum atomic E-state index is 13.2. The van der Waals surface area contributed by atoms with E-state index >= 15 is 0 Å². The summed E-state index contributed by atoms with van der Waals surface area (Å²) in [6.45, 7) is 6.79. The molecule has 144 valence electrons. The summed E-state index contributed by atoms with van der Waals surface area (Å²) in [5, 5.41) is 0. The molecular weight excluding hydrogens is 349 g/mol. The highest BCUT2D eigenvalue weighted by atomic mass is 19.1. The number of carbonyl (C=O) groups is 1. The highest BCUT2D eigenvalue weighted by molar-refractivity contribution is 5.94. The molecule has 3 aromatic carbocycles. The number of amides is 1. The predicted molar refractivity (Wildman–Crippen MR) is 113 cm³/mol. The molecule has 0 aliphatic carbocycles. The van der Waals surface area contributed by atoms with Crippen molar-refractivity contribution in [3.8, 4) is 0 Å². The Bertz CT molecular complexity index is 945. The van der Waals surface area contributed by atoms with Crippen molar-refractivity contribution in [1.82, 2.24) is 0 Å². The molecule has 0 radical (unpaired) electrons. The molecule has 0 aliphatic rings. The van der Waals surface area contributed by atoms with Crippen LogP contribution in [0.3, 0.4) is 0 Å². The average Bonchev–Trinajstić information content (AvgIpc) is 2.68. The van der Waals surface area contributed by atoms with Crippen LogP contribution in [0.1, 0.15) is 27.8 Å². The first kappa shape index (κ1) is 19.8. The van der Waals surface area contributed by atoms with Crippen molar-refractivity contribution in [2.45, 2.75) is 33.6 Å². The molecule has 0 saturated carbocycles. The average molecular weight is 375 g/mol. The highest BCUT2D eigenvalue weighted by Gasteiger charge is 2.17. The monoisotopic (exact) mass is 375 g/mol. The lowest BCUT2D eigenvalue weighted by Crippen LogP contribution is -2.34. The van der Waals surface area contributed by atoms with Crippen molar-refractivity contribution in [3.05, 3.63) is 100 Å². The molecule has 3 rings (SSSR count). The molecular formula is C25H26FNO. The first-order valence-corrected chi connectivity index (χ1v) is 9.60. The third-order valence-electron chi connectivity index (χ3n) is 5.12. The standard InChI is InChI=1S/C25H26FNO/c1-18-4-7-21(8-5-18)14-15-27(24-13-6-19(2)20(3)16-24)25(28)17-22-9-11-23(26)12-10-22/h4-13,16H,14-15,17H2,1-3H3. The molecule has 3 heteroatoms. The molecule has 0 heterocycles. The van der Waals surface area contributed by atoms with Crippen molar-refractivity contribution in [1.29, 1.82) is 0 Å². The highest BCUT2D eigenvalue weighted by Crippen LogP contribution is 2.21. The fourth-order valence-electron chi connectivity index (χ4n) is 3.16. The van der Waals surface area contributed by atoms with E-state index in [1.165, 1.54) is 28.8 Å². The zero-order valence-electron chi connectivity index (χ0n) is 16.7. The maximum Gasteiger partial charge on any atom is 0.231 e. The molecule has 0 unspecified atom stereocenters. The van der Waals surface area contributed by atoms with Gasteiger partial charge in [0, 0.05) is 12.2 Å². The smallest absolute Gasteiger partial charge is 0.231 e. The van der Waals surface area contributed by atoms with Gasteiger partial charge in [-0.3, -0.25) is 4.79 Å². The lowest BCUT2D eigenvalue weighted by atomic mass is 10.1. The molecule has 2 nitrogen and oxygen atoms in total. The normalized spacial score (nSPS) is 10.7. The van der Waals surface area contributed by atoms with Crippen LogP contribution in [0.2, 0.25) is 0 Å². The second kappa shape index (κ2) is 8.83. The third kappa shape index (κ3) is 5.07. The van der Waals surface area contributed by atoms with Gasteiger partial charge in [-0.2, -0.15) is 0 Å². The van der Waals surface area contributed by atoms with E-state index in [1.54, 1.807) is 12.1 Å². The number of rotatable bonds is 6. The minimum absolute atomic E-state index is 0.0157. The summed E-state index contributed by atoms with van der Waals surface area (Å²) in [6, 6.07) is 20.7. The fraction of sp³-hybridized carbons (Fsp3) is 0.240. The molecule has 1 amide bonds. The Balaban J connectivity index is 1.82. The summed E-state index contributed by atoms with van der Waals surface area (Å²) in [4.78, 5) is 14.9. The van der Waals surface area contributed by atoms with Gasteiger partial charge >= 0.3 is 0 Å². The number of hydrogen-bond donors (Lipinski definition) is 0. The van der Waals surface area contributed by atoms with E-state index in [4.69, 9.17) is 0 Å². The number of aryl methyl sites for hydroxylation is 3. The van der Waals surface area contributed by atoms with Crippen LogP contribution in [0.4, 0.5) is 10.1 Å². The molecule has 0 aliphatic heterocycles. The summed E-state index contributed by atoms with van der Waals surface area (Å²) in [5.41, 5.74) is 6.51. The van der Waals surface area contributed by atoms with Gasteiger partial charge in [0.05, 0.1) is 6.42 Å². The molecule has 0 aromatic heterocycles. The van der Waals surface area contributed by atoms with Crippen molar-refractivity contribution in [2.75, 3.05) is 11.4 Å². The molecule has 0 N–H and O–H groups in total. The molecule has 0 atom stereocenters. The van der Waals surface area contributed by atoms with Crippen molar-refractivity contribution < 1.29 is 9.18 Å². The zero-order valence-corrected chi connectivity index (χ0v) is 16.7. The number of anilines is 1. The zero-order chi connectivity index (χ0) is 20.1. The number of halogens is 1. The second-order valence-electron chi connectivity index (χ2n) is 7.35. The van der Waals surface area contributed by atoms with Crippen LogP contribution < -0.4 is 4.90 Å². The van der Waals surface area contributed by atoms with Crippen LogP contribution in [0.5, 0.6) is 0 Å². The van der Waals surface area contributed by atoms with Gasteiger partial charge in [-0.25, -0.2) is 4.39 Å².